The normalized spacial score (nSPS) is 17.3. The predicted octanol–water partition coefficient (Wildman–Crippen LogP) is 3.67. The van der Waals surface area contributed by atoms with Gasteiger partial charge in [-0.3, -0.25) is 9.69 Å². The number of carbonyl (C=O) groups excluding carboxylic acids is 1. The number of benzene rings is 2. The van der Waals surface area contributed by atoms with E-state index in [9.17, 15) is 14.0 Å². The van der Waals surface area contributed by atoms with Crippen LogP contribution in [0.5, 0.6) is 0 Å². The third-order valence-electron chi connectivity index (χ3n) is 4.36. The van der Waals surface area contributed by atoms with Crippen LogP contribution in [0, 0.1) is 5.82 Å². The number of hydrogen-bond acceptors (Lipinski definition) is 4. The third kappa shape index (κ3) is 2.78. The minimum atomic E-state index is -1.09. The van der Waals surface area contributed by atoms with Crippen molar-refractivity contribution in [2.75, 3.05) is 11.9 Å². The maximum atomic E-state index is 13.4. The van der Waals surface area contributed by atoms with E-state index in [4.69, 9.17) is 5.11 Å². The van der Waals surface area contributed by atoms with Crippen molar-refractivity contribution in [1.29, 1.82) is 0 Å². The molecule has 128 valence electrons. The van der Waals surface area contributed by atoms with Crippen molar-refractivity contribution >= 4 is 49.5 Å². The lowest BCUT2D eigenvalue weighted by atomic mass is 10.1. The molecule has 2 heterocycles. The number of likely N-dealkylation sites (tertiary alicyclic amines) is 1. The molecule has 25 heavy (non-hydrogen) atoms. The number of thiazole rings is 1. The Labute approximate surface area is 145 Å². The van der Waals surface area contributed by atoms with Crippen LogP contribution < -0.4 is 5.32 Å². The number of nitrogens with one attached hydrogen (secondary N) is 1. The first-order valence-corrected chi connectivity index (χ1v) is 8.64. The van der Waals surface area contributed by atoms with Crippen molar-refractivity contribution < 1.29 is 19.1 Å². The van der Waals surface area contributed by atoms with E-state index in [2.05, 4.69) is 10.3 Å². The number of carbonyl (C=O) groups is 2. The molecule has 1 aliphatic rings. The summed E-state index contributed by atoms with van der Waals surface area (Å²) >= 11 is 1.30. The molecular formula is C17H14FN3O3S. The van der Waals surface area contributed by atoms with Gasteiger partial charge in [0.1, 0.15) is 11.9 Å². The summed E-state index contributed by atoms with van der Waals surface area (Å²) in [7, 11) is 0. The Balaban J connectivity index is 1.65. The van der Waals surface area contributed by atoms with Gasteiger partial charge in [0.25, 0.3) is 0 Å². The number of carboxylic acid groups (broad SMARTS) is 1. The van der Waals surface area contributed by atoms with Crippen molar-refractivity contribution in [2.45, 2.75) is 18.9 Å². The molecule has 0 spiro atoms. The summed E-state index contributed by atoms with van der Waals surface area (Å²) in [6.07, 6.45) is 0.0843. The molecule has 4 rings (SSSR count). The van der Waals surface area contributed by atoms with E-state index >= 15 is 0 Å². The molecule has 8 heteroatoms. The molecule has 1 saturated heterocycles. The van der Waals surface area contributed by atoms with Gasteiger partial charge in [0.2, 0.25) is 5.91 Å². The second-order valence-electron chi connectivity index (χ2n) is 5.92. The zero-order valence-corrected chi connectivity index (χ0v) is 13.8. The lowest BCUT2D eigenvalue weighted by Gasteiger charge is -2.19. The first kappa shape index (κ1) is 15.8. The van der Waals surface area contributed by atoms with Crippen molar-refractivity contribution in [2.24, 2.45) is 0 Å². The van der Waals surface area contributed by atoms with Gasteiger partial charge in [0.15, 0.2) is 5.13 Å². The first-order chi connectivity index (χ1) is 12.0. The van der Waals surface area contributed by atoms with Crippen molar-refractivity contribution in [1.82, 2.24) is 9.88 Å². The summed E-state index contributed by atoms with van der Waals surface area (Å²) in [5, 5.41) is 13.9. The Morgan fingerprint density at radius 1 is 1.32 bits per heavy atom. The molecule has 1 fully saturated rings. The van der Waals surface area contributed by atoms with Gasteiger partial charge in [-0.15, -0.1) is 0 Å². The van der Waals surface area contributed by atoms with E-state index in [1.165, 1.54) is 23.5 Å². The van der Waals surface area contributed by atoms with Crippen LogP contribution in [0.3, 0.4) is 0 Å². The fourth-order valence-corrected chi connectivity index (χ4v) is 4.20. The van der Waals surface area contributed by atoms with Crippen LogP contribution in [0.2, 0.25) is 0 Å². The van der Waals surface area contributed by atoms with Crippen LogP contribution in [-0.2, 0) is 4.79 Å². The van der Waals surface area contributed by atoms with Gasteiger partial charge in [-0.25, -0.2) is 14.2 Å². The van der Waals surface area contributed by atoms with Crippen molar-refractivity contribution in [3.05, 3.63) is 36.1 Å². The Morgan fingerprint density at radius 3 is 2.96 bits per heavy atom. The lowest BCUT2D eigenvalue weighted by Crippen LogP contribution is -2.42. The van der Waals surface area contributed by atoms with E-state index in [1.807, 2.05) is 0 Å². The zero-order valence-electron chi connectivity index (χ0n) is 13.0. The Kier molecular flexibility index (Phi) is 3.76. The monoisotopic (exact) mass is 359 g/mol. The molecule has 0 bridgehead atoms. The molecular weight excluding hydrogens is 345 g/mol. The topological polar surface area (TPSA) is 82.5 Å². The number of aromatic nitrogens is 1. The molecule has 1 unspecified atom stereocenters. The number of halogens is 1. The van der Waals surface area contributed by atoms with E-state index in [1.54, 1.807) is 18.2 Å². The number of fused-ring (bicyclic) bond motifs is 3. The van der Waals surface area contributed by atoms with Gasteiger partial charge in [0, 0.05) is 11.9 Å². The van der Waals surface area contributed by atoms with Gasteiger partial charge < -0.3 is 10.4 Å². The fourth-order valence-electron chi connectivity index (χ4n) is 3.20. The third-order valence-corrected chi connectivity index (χ3v) is 5.38. The molecule has 6 nitrogen and oxygen atoms in total. The number of anilines is 1. The van der Waals surface area contributed by atoms with Crippen LogP contribution in [0.25, 0.3) is 21.0 Å². The van der Waals surface area contributed by atoms with Crippen LogP contribution in [-0.4, -0.2) is 39.6 Å². The molecule has 2 aromatic carbocycles. The quantitative estimate of drug-likeness (QED) is 0.731. The second-order valence-corrected chi connectivity index (χ2v) is 6.92. The molecule has 0 aliphatic carbocycles. The summed E-state index contributed by atoms with van der Waals surface area (Å²) in [6.45, 7) is 0.365. The Bertz CT molecular complexity index is 1000. The first-order valence-electron chi connectivity index (χ1n) is 7.82. The molecule has 2 N–H and O–H groups in total. The maximum Gasteiger partial charge on any atom is 0.407 e. The summed E-state index contributed by atoms with van der Waals surface area (Å²) in [5.74, 6) is -0.672. The highest BCUT2D eigenvalue weighted by molar-refractivity contribution is 7.23. The molecule has 0 radical (unpaired) electrons. The molecule has 1 aliphatic heterocycles. The van der Waals surface area contributed by atoms with E-state index < -0.39 is 12.1 Å². The number of amides is 2. The number of hydrogen-bond donors (Lipinski definition) is 2. The van der Waals surface area contributed by atoms with E-state index in [0.717, 1.165) is 20.4 Å². The minimum absolute atomic E-state index is 0.306. The summed E-state index contributed by atoms with van der Waals surface area (Å²) in [6, 6.07) is 7.42. The molecule has 1 atom stereocenters. The van der Waals surface area contributed by atoms with Crippen molar-refractivity contribution in [3.63, 3.8) is 0 Å². The summed E-state index contributed by atoms with van der Waals surface area (Å²) in [5.41, 5.74) is 0.709. The number of rotatable bonds is 2. The smallest absolute Gasteiger partial charge is 0.407 e. The molecule has 1 aromatic heterocycles. The maximum absolute atomic E-state index is 13.4. The van der Waals surface area contributed by atoms with Crippen LogP contribution >= 0.6 is 11.3 Å². The Morgan fingerprint density at radius 2 is 2.16 bits per heavy atom. The van der Waals surface area contributed by atoms with E-state index in [0.29, 0.717) is 30.0 Å². The van der Waals surface area contributed by atoms with Gasteiger partial charge in [0.05, 0.1) is 10.2 Å². The molecule has 3 aromatic rings. The highest BCUT2D eigenvalue weighted by Crippen LogP contribution is 2.33. The van der Waals surface area contributed by atoms with Crippen LogP contribution in [0.4, 0.5) is 14.3 Å². The summed E-state index contributed by atoms with van der Waals surface area (Å²) in [4.78, 5) is 29.1. The molecule has 0 saturated carbocycles. The van der Waals surface area contributed by atoms with Gasteiger partial charge in [-0.05, 0) is 42.5 Å². The summed E-state index contributed by atoms with van der Waals surface area (Å²) < 4.78 is 14.2. The van der Waals surface area contributed by atoms with Gasteiger partial charge >= 0.3 is 6.09 Å². The number of nitrogens with zero attached hydrogens (tertiary/aromatic N) is 2. The van der Waals surface area contributed by atoms with Crippen LogP contribution in [0.1, 0.15) is 12.8 Å². The second kappa shape index (κ2) is 5.96. The fraction of sp³-hybridized carbons (Fsp3) is 0.235. The van der Waals surface area contributed by atoms with Gasteiger partial charge in [-0.2, -0.15) is 0 Å². The van der Waals surface area contributed by atoms with E-state index in [-0.39, 0.29) is 11.7 Å². The highest BCUT2D eigenvalue weighted by Gasteiger charge is 2.34. The Hall–Kier alpha value is -2.74. The zero-order chi connectivity index (χ0) is 17.6. The standard InChI is InChI=1S/C17H14FN3O3S/c18-10-4-5-11-9(8-10)3-6-12-14(11)25-16(19-12)20-15(22)13-2-1-7-21(13)17(23)24/h3-6,8,13H,1-2,7H2,(H,23,24)(H,19,20,22). The largest absolute Gasteiger partial charge is 0.465 e. The van der Waals surface area contributed by atoms with Crippen LogP contribution in [0.15, 0.2) is 30.3 Å². The SMILES string of the molecule is O=C(Nc1nc2ccc3cc(F)ccc3c2s1)C1CCCN1C(=O)O. The average Bonchev–Trinajstić information content (AvgIpc) is 3.20. The molecule has 2 amide bonds. The van der Waals surface area contributed by atoms with Gasteiger partial charge in [-0.1, -0.05) is 17.4 Å². The average molecular weight is 359 g/mol. The predicted molar refractivity (Wildman–Crippen MR) is 93.5 cm³/mol. The highest BCUT2D eigenvalue weighted by atomic mass is 32.1. The minimum Gasteiger partial charge on any atom is -0.465 e. The lowest BCUT2D eigenvalue weighted by molar-refractivity contribution is -0.119. The van der Waals surface area contributed by atoms with Crippen molar-refractivity contribution in [3.8, 4) is 0 Å².